The predicted molar refractivity (Wildman–Crippen MR) is 20.4 cm³/mol. The minimum absolute atomic E-state index is 0. The fourth-order valence-electron chi connectivity index (χ4n) is 0. The van der Waals surface area contributed by atoms with Crippen molar-refractivity contribution >= 4 is 13.5 Å². The predicted octanol–water partition coefficient (Wildman–Crippen LogP) is -12.2. The Kier molecular flexibility index (Phi) is 60.4. The molecule has 4 N–H and O–H groups in total. The zero-order valence-corrected chi connectivity index (χ0v) is 11.9. The summed E-state index contributed by atoms with van der Waals surface area (Å²) in [4.78, 5) is 8.44. The van der Waals surface area contributed by atoms with E-state index in [4.69, 9.17) is 30.1 Å². The Morgan fingerprint density at radius 2 is 1.27 bits per heavy atom. The maximum atomic E-state index is 8.44. The van der Waals surface area contributed by atoms with Gasteiger partial charge in [0.2, 0.25) is 6.16 Å². The van der Waals surface area contributed by atoms with Gasteiger partial charge in [0.05, 0.1) is 0 Å². The van der Waals surface area contributed by atoms with Crippen LogP contribution in [0.4, 0.5) is 4.79 Å². The molecule has 0 saturated carbocycles. The van der Waals surface area contributed by atoms with Crippen molar-refractivity contribution in [2.24, 2.45) is 0 Å². The molecule has 0 aliphatic heterocycles. The number of halogens is 1. The van der Waals surface area contributed by atoms with Crippen LogP contribution in [0, 0.1) is 0 Å². The van der Waals surface area contributed by atoms with Gasteiger partial charge in [-0.15, -0.1) is 0 Å². The standard InChI is InChI=1S/CH2O3.BH3O3.ClH.K.Na/c2*2-1(3)4;;;/h(H2,2,3,4);2-4H;1H;;/q;;;2*+1/p-2. The average molecular weight is 220 g/mol. The smallest absolute Gasteiger partial charge is 1.00 e. The van der Waals surface area contributed by atoms with Gasteiger partial charge in [-0.25, -0.2) is 0 Å². The third-order valence-corrected chi connectivity index (χ3v) is 0. The Bertz CT molecular complexity index is 66.8. The third kappa shape index (κ3) is 272. The number of carboxylic acid groups (broad SMARTS) is 2. The van der Waals surface area contributed by atoms with Crippen LogP contribution < -0.4 is 98.5 Å². The summed E-state index contributed by atoms with van der Waals surface area (Å²) in [6.45, 7) is 0. The Labute approximate surface area is 134 Å². The minimum Gasteiger partial charge on any atom is -1.00 e. The van der Waals surface area contributed by atoms with Crippen LogP contribution in [0.25, 0.3) is 0 Å². The molecule has 0 aromatic heterocycles. The molecule has 0 aliphatic carbocycles. The van der Waals surface area contributed by atoms with E-state index in [1.54, 1.807) is 0 Å². The van der Waals surface area contributed by atoms with Gasteiger partial charge in [-0.05, 0) is 0 Å². The molecule has 0 amide bonds. The van der Waals surface area contributed by atoms with Gasteiger partial charge in [0.1, 0.15) is 0 Å². The van der Waals surface area contributed by atoms with Crippen molar-refractivity contribution in [2.45, 2.75) is 0 Å². The minimum atomic E-state index is -2.17. The second-order valence-corrected chi connectivity index (χ2v) is 0.612. The Hall–Kier alpha value is 2.14. The van der Waals surface area contributed by atoms with Gasteiger partial charge in [0, 0.05) is 0 Å². The number of carbonyl (C=O) groups is 1. The number of hydrogen-bond donors (Lipinski definition) is 4. The molecule has 0 aromatic rings. The maximum Gasteiger partial charge on any atom is 1.00 e. The van der Waals surface area contributed by atoms with Crippen molar-refractivity contribution < 1.29 is 123 Å². The first-order valence-corrected chi connectivity index (χ1v) is 1.41. The monoisotopic (exact) mass is 220 g/mol. The summed E-state index contributed by atoms with van der Waals surface area (Å²) in [5.74, 6) is 0. The van der Waals surface area contributed by atoms with Crippen LogP contribution >= 0.6 is 0 Å². The first kappa shape index (κ1) is 29.2. The van der Waals surface area contributed by atoms with Gasteiger partial charge in [-0.2, -0.15) is 0 Å². The number of rotatable bonds is 0. The van der Waals surface area contributed by atoms with Crippen LogP contribution in [0.15, 0.2) is 0 Å². The fourth-order valence-corrected chi connectivity index (χ4v) is 0. The summed E-state index contributed by atoms with van der Waals surface area (Å²) in [6, 6.07) is 0. The van der Waals surface area contributed by atoms with E-state index in [-0.39, 0.29) is 93.3 Å². The molecular formula is CH4BClKNaO6. The summed E-state index contributed by atoms with van der Waals surface area (Å²) in [5, 5.41) is 36.8. The van der Waals surface area contributed by atoms with Gasteiger partial charge in [-0.3, -0.25) is 0 Å². The van der Waals surface area contributed by atoms with Crippen molar-refractivity contribution in [3.8, 4) is 0 Å². The zero-order valence-electron chi connectivity index (χ0n) is 6.06. The fraction of sp³-hybridized carbons (Fsp3) is 0. The quantitative estimate of drug-likeness (QED) is 0.301. The van der Waals surface area contributed by atoms with Crippen LogP contribution in [0.5, 0.6) is 0 Å². The van der Waals surface area contributed by atoms with E-state index in [1.165, 1.54) is 0 Å². The molecule has 11 heavy (non-hydrogen) atoms. The van der Waals surface area contributed by atoms with Crippen LogP contribution in [0.3, 0.4) is 0 Å². The normalized spacial score (nSPS) is 4.64. The molecule has 0 rings (SSSR count). The molecule has 0 heterocycles. The van der Waals surface area contributed by atoms with E-state index in [9.17, 15) is 0 Å². The topological polar surface area (TPSA) is 121 Å². The Balaban J connectivity index is -0.0000000171. The third-order valence-electron chi connectivity index (χ3n) is 0. The molecule has 0 radical (unpaired) electrons. The summed E-state index contributed by atoms with van der Waals surface area (Å²) >= 11 is 0. The second kappa shape index (κ2) is 22.7. The second-order valence-electron chi connectivity index (χ2n) is 0.612. The first-order chi connectivity index (χ1) is 3.46. The van der Waals surface area contributed by atoms with E-state index in [0.29, 0.717) is 0 Å². The van der Waals surface area contributed by atoms with Crippen molar-refractivity contribution in [3.05, 3.63) is 0 Å². The molecule has 0 bridgehead atoms. The van der Waals surface area contributed by atoms with Crippen LogP contribution in [0.2, 0.25) is 0 Å². The molecule has 0 saturated heterocycles. The number of hydrogen-bond acceptors (Lipinski definition) is 5. The van der Waals surface area contributed by atoms with Gasteiger partial charge in [0.15, 0.2) is 0 Å². The summed E-state index contributed by atoms with van der Waals surface area (Å²) < 4.78 is 0. The average Bonchev–Trinajstić information content (AvgIpc) is 1.25. The molecule has 0 fully saturated rings. The van der Waals surface area contributed by atoms with Crippen molar-refractivity contribution in [2.75, 3.05) is 0 Å². The van der Waals surface area contributed by atoms with Crippen molar-refractivity contribution in [3.63, 3.8) is 0 Å². The zero-order chi connectivity index (χ0) is 7.15. The molecule has 0 unspecified atom stereocenters. The van der Waals surface area contributed by atoms with Crippen molar-refractivity contribution in [1.82, 2.24) is 0 Å². The molecule has 0 spiro atoms. The Morgan fingerprint density at radius 1 is 1.27 bits per heavy atom. The SMILES string of the molecule is O=C([O-])O.OB(O)O.[Cl-].[K+].[Na+]. The van der Waals surface area contributed by atoms with Crippen LogP contribution in [-0.2, 0) is 0 Å². The molecule has 56 valence electrons. The summed E-state index contributed by atoms with van der Waals surface area (Å²) in [6.07, 6.45) is -2.08. The molecule has 10 heteroatoms. The van der Waals surface area contributed by atoms with E-state index in [1.807, 2.05) is 0 Å². The maximum absolute atomic E-state index is 8.44. The summed E-state index contributed by atoms with van der Waals surface area (Å²) in [7, 11) is -2.17. The largest absolute Gasteiger partial charge is 1.00 e. The van der Waals surface area contributed by atoms with E-state index in [0.717, 1.165) is 0 Å². The van der Waals surface area contributed by atoms with E-state index >= 15 is 0 Å². The van der Waals surface area contributed by atoms with Crippen LogP contribution in [-0.4, -0.2) is 33.7 Å². The van der Waals surface area contributed by atoms with Gasteiger partial charge < -0.3 is 42.5 Å². The van der Waals surface area contributed by atoms with Crippen LogP contribution in [0.1, 0.15) is 0 Å². The first-order valence-electron chi connectivity index (χ1n) is 1.41. The molecule has 0 atom stereocenters. The van der Waals surface area contributed by atoms with Gasteiger partial charge in [0.25, 0.3) is 0 Å². The molecule has 0 aromatic carbocycles. The molecule has 6 nitrogen and oxygen atoms in total. The van der Waals surface area contributed by atoms with E-state index < -0.39 is 13.5 Å². The molecular weight excluding hydrogens is 216 g/mol. The van der Waals surface area contributed by atoms with Gasteiger partial charge >= 0.3 is 88.3 Å². The van der Waals surface area contributed by atoms with Crippen molar-refractivity contribution in [1.29, 1.82) is 0 Å². The van der Waals surface area contributed by atoms with Gasteiger partial charge in [-0.1, -0.05) is 0 Å². The van der Waals surface area contributed by atoms with E-state index in [2.05, 4.69) is 0 Å². The Morgan fingerprint density at radius 3 is 1.27 bits per heavy atom. The molecule has 0 aliphatic rings. The summed E-state index contributed by atoms with van der Waals surface area (Å²) in [5.41, 5.74) is 0.